The molecule has 6 rings (SSSR count). The fourth-order valence-electron chi connectivity index (χ4n) is 5.30. The highest BCUT2D eigenvalue weighted by atomic mass is 35.5. The summed E-state index contributed by atoms with van der Waals surface area (Å²) in [6.45, 7) is 6.06. The van der Waals surface area contributed by atoms with Crippen LogP contribution in [0.5, 0.6) is 17.2 Å². The van der Waals surface area contributed by atoms with Crippen LogP contribution in [0, 0.1) is 6.92 Å². The van der Waals surface area contributed by atoms with E-state index in [9.17, 15) is 4.79 Å². The Morgan fingerprint density at radius 2 is 1.62 bits per heavy atom. The summed E-state index contributed by atoms with van der Waals surface area (Å²) in [7, 11) is 1.65. The second kappa shape index (κ2) is 10.7. The van der Waals surface area contributed by atoms with Crippen molar-refractivity contribution in [3.05, 3.63) is 94.6 Å². The van der Waals surface area contributed by atoms with Crippen LogP contribution >= 0.6 is 11.6 Å². The van der Waals surface area contributed by atoms with E-state index in [0.29, 0.717) is 23.7 Å². The van der Waals surface area contributed by atoms with Crippen molar-refractivity contribution in [1.82, 2.24) is 14.4 Å². The molecule has 2 aliphatic rings. The Labute approximate surface area is 233 Å². The van der Waals surface area contributed by atoms with E-state index in [-0.39, 0.29) is 12.7 Å². The number of methoxy groups -OCH3 is 1. The molecule has 0 radical (unpaired) electrons. The largest absolute Gasteiger partial charge is 0.497 e. The molecule has 8 heteroatoms. The van der Waals surface area contributed by atoms with Crippen LogP contribution in [0.15, 0.2) is 72.8 Å². The second-order valence-corrected chi connectivity index (χ2v) is 10.3. The zero-order valence-corrected chi connectivity index (χ0v) is 22.8. The van der Waals surface area contributed by atoms with Gasteiger partial charge in [0.25, 0.3) is 5.91 Å². The van der Waals surface area contributed by atoms with Crippen molar-refractivity contribution < 1.29 is 19.0 Å². The van der Waals surface area contributed by atoms with Crippen molar-refractivity contribution in [3.8, 4) is 34.2 Å². The fourth-order valence-corrected chi connectivity index (χ4v) is 5.42. The minimum atomic E-state index is 0.0534. The highest BCUT2D eigenvalue weighted by molar-refractivity contribution is 6.30. The van der Waals surface area contributed by atoms with Crippen molar-refractivity contribution >= 4 is 17.5 Å². The molecule has 1 aromatic heterocycles. The molecule has 2 aliphatic heterocycles. The topological polar surface area (TPSA) is 56.2 Å². The van der Waals surface area contributed by atoms with Crippen LogP contribution in [0.2, 0.25) is 5.02 Å². The number of hydrogen-bond donors (Lipinski definition) is 0. The predicted octanol–water partition coefficient (Wildman–Crippen LogP) is 5.80. The third-order valence-corrected chi connectivity index (χ3v) is 7.70. The van der Waals surface area contributed by atoms with Gasteiger partial charge in [0.2, 0.25) is 6.79 Å². The lowest BCUT2D eigenvalue weighted by Crippen LogP contribution is -2.48. The number of aromatic nitrogens is 1. The Hall–Kier alpha value is -3.94. The molecule has 0 bridgehead atoms. The summed E-state index contributed by atoms with van der Waals surface area (Å²) < 4.78 is 18.4. The Kier molecular flexibility index (Phi) is 6.94. The van der Waals surface area contributed by atoms with Crippen LogP contribution in [-0.4, -0.2) is 60.4 Å². The number of rotatable bonds is 6. The summed E-state index contributed by atoms with van der Waals surface area (Å²) in [4.78, 5) is 18.2. The molecule has 1 fully saturated rings. The summed E-state index contributed by atoms with van der Waals surface area (Å²) in [5.41, 5.74) is 5.69. The molecule has 0 N–H and O–H groups in total. The number of carbonyl (C=O) groups excluding carboxylic acids is 1. The van der Waals surface area contributed by atoms with Gasteiger partial charge in [-0.2, -0.15) is 0 Å². The van der Waals surface area contributed by atoms with Gasteiger partial charge in [0.1, 0.15) is 5.75 Å². The van der Waals surface area contributed by atoms with Gasteiger partial charge in [0.05, 0.1) is 18.4 Å². The summed E-state index contributed by atoms with van der Waals surface area (Å²) in [6, 6.07) is 23.7. The van der Waals surface area contributed by atoms with E-state index < -0.39 is 0 Å². The minimum Gasteiger partial charge on any atom is -0.497 e. The zero-order valence-electron chi connectivity index (χ0n) is 22.0. The molecule has 0 aliphatic carbocycles. The van der Waals surface area contributed by atoms with Crippen molar-refractivity contribution in [3.63, 3.8) is 0 Å². The van der Waals surface area contributed by atoms with Crippen molar-refractivity contribution in [2.24, 2.45) is 0 Å². The van der Waals surface area contributed by atoms with Gasteiger partial charge in [-0.15, -0.1) is 0 Å². The number of piperazine rings is 1. The monoisotopic (exact) mass is 543 g/mol. The maximum atomic E-state index is 13.8. The van der Waals surface area contributed by atoms with Gasteiger partial charge in [0.15, 0.2) is 11.5 Å². The van der Waals surface area contributed by atoms with E-state index in [1.54, 1.807) is 7.11 Å². The van der Waals surface area contributed by atoms with Gasteiger partial charge >= 0.3 is 0 Å². The first-order valence-corrected chi connectivity index (χ1v) is 13.4. The number of hydrogen-bond acceptors (Lipinski definition) is 5. The highest BCUT2D eigenvalue weighted by Crippen LogP contribution is 2.34. The number of benzene rings is 3. The Morgan fingerprint density at radius 3 is 2.33 bits per heavy atom. The highest BCUT2D eigenvalue weighted by Gasteiger charge is 2.27. The van der Waals surface area contributed by atoms with Gasteiger partial charge in [0, 0.05) is 49.1 Å². The fraction of sp³-hybridized carbons (Fsp3) is 0.258. The third kappa shape index (κ3) is 5.07. The standard InChI is InChI=1S/C31H30ClN3O4/c1-21-27(18-28(23-4-6-24(32)7-5-23)35(21)25-8-10-26(37-2)11-9-25)31(36)34-15-13-33(14-16-34)19-22-3-12-29-30(17-22)39-20-38-29/h3-12,17-18H,13-16,19-20H2,1-2H3. The van der Waals surface area contributed by atoms with Crippen molar-refractivity contribution in [2.45, 2.75) is 13.5 Å². The average molecular weight is 544 g/mol. The van der Waals surface area contributed by atoms with Crippen LogP contribution in [-0.2, 0) is 6.54 Å². The maximum Gasteiger partial charge on any atom is 0.255 e. The quantitative estimate of drug-likeness (QED) is 0.307. The number of ether oxygens (including phenoxy) is 3. The number of nitrogens with zero attached hydrogens (tertiary/aromatic N) is 3. The number of carbonyl (C=O) groups is 1. The van der Waals surface area contributed by atoms with Gasteiger partial charge in [-0.1, -0.05) is 29.8 Å². The SMILES string of the molecule is COc1ccc(-n2c(-c3ccc(Cl)cc3)cc(C(=O)N3CCN(Cc4ccc5c(c4)OCO5)CC3)c2C)cc1. The molecular formula is C31H30ClN3O4. The first-order valence-electron chi connectivity index (χ1n) is 13.0. The molecule has 39 heavy (non-hydrogen) atoms. The predicted molar refractivity (Wildman–Crippen MR) is 151 cm³/mol. The average Bonchev–Trinajstić information content (AvgIpc) is 3.57. The summed E-state index contributed by atoms with van der Waals surface area (Å²) >= 11 is 6.17. The van der Waals surface area contributed by atoms with Crippen molar-refractivity contribution in [2.75, 3.05) is 40.1 Å². The van der Waals surface area contributed by atoms with Gasteiger partial charge < -0.3 is 23.7 Å². The number of halogens is 1. The van der Waals surface area contributed by atoms with E-state index in [1.807, 2.05) is 78.6 Å². The molecular weight excluding hydrogens is 514 g/mol. The van der Waals surface area contributed by atoms with Gasteiger partial charge in [-0.3, -0.25) is 9.69 Å². The van der Waals surface area contributed by atoms with E-state index in [2.05, 4.69) is 15.5 Å². The molecule has 7 nitrogen and oxygen atoms in total. The molecule has 3 heterocycles. The van der Waals surface area contributed by atoms with E-state index in [4.69, 9.17) is 25.8 Å². The lowest BCUT2D eigenvalue weighted by atomic mass is 10.1. The lowest BCUT2D eigenvalue weighted by Gasteiger charge is -2.34. The number of fused-ring (bicyclic) bond motifs is 1. The van der Waals surface area contributed by atoms with Crippen molar-refractivity contribution in [1.29, 1.82) is 0 Å². The molecule has 0 atom stereocenters. The van der Waals surface area contributed by atoms with Crippen LogP contribution in [0.1, 0.15) is 21.6 Å². The Balaban J connectivity index is 1.22. The molecule has 3 aromatic carbocycles. The zero-order chi connectivity index (χ0) is 26.9. The second-order valence-electron chi connectivity index (χ2n) is 9.82. The minimum absolute atomic E-state index is 0.0534. The van der Waals surface area contributed by atoms with Crippen LogP contribution in [0.4, 0.5) is 0 Å². The molecule has 4 aromatic rings. The van der Waals surface area contributed by atoms with Gasteiger partial charge in [-0.25, -0.2) is 0 Å². The van der Waals surface area contributed by atoms with Crippen LogP contribution in [0.25, 0.3) is 16.9 Å². The third-order valence-electron chi connectivity index (χ3n) is 7.45. The van der Waals surface area contributed by atoms with E-state index in [0.717, 1.165) is 59.5 Å². The first-order chi connectivity index (χ1) is 19.0. The number of amides is 1. The van der Waals surface area contributed by atoms with Gasteiger partial charge in [-0.05, 0) is 72.6 Å². The summed E-state index contributed by atoms with van der Waals surface area (Å²) in [6.07, 6.45) is 0. The van der Waals surface area contributed by atoms with Crippen LogP contribution < -0.4 is 14.2 Å². The summed E-state index contributed by atoms with van der Waals surface area (Å²) in [5, 5.41) is 0.674. The molecule has 1 saturated heterocycles. The molecule has 0 unspecified atom stereocenters. The maximum absolute atomic E-state index is 13.8. The Morgan fingerprint density at radius 1 is 0.897 bits per heavy atom. The van der Waals surface area contributed by atoms with Crippen LogP contribution in [0.3, 0.4) is 0 Å². The molecule has 1 amide bonds. The first kappa shape index (κ1) is 25.3. The molecule has 0 spiro atoms. The van der Waals surface area contributed by atoms with E-state index in [1.165, 1.54) is 5.56 Å². The molecule has 200 valence electrons. The summed E-state index contributed by atoms with van der Waals surface area (Å²) in [5.74, 6) is 2.43. The Bertz CT molecular complexity index is 1490. The smallest absolute Gasteiger partial charge is 0.255 e. The lowest BCUT2D eigenvalue weighted by molar-refractivity contribution is 0.0628. The molecule has 0 saturated carbocycles. The van der Waals surface area contributed by atoms with E-state index >= 15 is 0 Å². The normalized spacial score (nSPS) is 15.0.